The van der Waals surface area contributed by atoms with E-state index in [-0.39, 0.29) is 36.9 Å². The van der Waals surface area contributed by atoms with Crippen LogP contribution in [0.3, 0.4) is 0 Å². The van der Waals surface area contributed by atoms with Gasteiger partial charge in [0.05, 0.1) is 6.54 Å². The Morgan fingerprint density at radius 2 is 1.88 bits per heavy atom. The van der Waals surface area contributed by atoms with Gasteiger partial charge in [0, 0.05) is 25.0 Å². The number of nitrogens with one attached hydrogen (secondary N) is 1. The van der Waals surface area contributed by atoms with Crippen molar-refractivity contribution < 1.29 is 9.59 Å². The fraction of sp³-hybridized carbons (Fsp3) is 0.818. The molecule has 0 aromatic heterocycles. The van der Waals surface area contributed by atoms with E-state index in [2.05, 4.69) is 5.32 Å². The Kier molecular flexibility index (Phi) is 6.72. The minimum Gasteiger partial charge on any atom is -0.352 e. The highest BCUT2D eigenvalue weighted by molar-refractivity contribution is 5.85. The van der Waals surface area contributed by atoms with Gasteiger partial charge < -0.3 is 16.0 Å². The lowest BCUT2D eigenvalue weighted by atomic mass is 10.2. The molecule has 0 aliphatic heterocycles. The molecule has 0 rings (SSSR count). The average molecular weight is 229 g/mol. The van der Waals surface area contributed by atoms with Crippen LogP contribution in [0.4, 0.5) is 0 Å². The first-order valence-electron chi connectivity index (χ1n) is 5.69. The molecule has 0 saturated carbocycles. The molecule has 0 aromatic carbocycles. The van der Waals surface area contributed by atoms with Crippen LogP contribution in [0, 0.1) is 0 Å². The van der Waals surface area contributed by atoms with Crippen molar-refractivity contribution in [3.05, 3.63) is 0 Å². The number of amides is 2. The Morgan fingerprint density at radius 3 is 2.25 bits per heavy atom. The second-order valence-electron chi connectivity index (χ2n) is 4.31. The molecule has 0 heterocycles. The molecule has 5 nitrogen and oxygen atoms in total. The highest BCUT2D eigenvalue weighted by atomic mass is 16.2. The van der Waals surface area contributed by atoms with Crippen LogP contribution < -0.4 is 11.1 Å². The minimum absolute atomic E-state index is 0.0728. The smallest absolute Gasteiger partial charge is 0.239 e. The van der Waals surface area contributed by atoms with Crippen molar-refractivity contribution in [1.82, 2.24) is 10.2 Å². The number of carbonyl (C=O) groups excluding carboxylic acids is 2. The summed E-state index contributed by atoms with van der Waals surface area (Å²) in [5, 5.41) is 2.75. The Hall–Kier alpha value is -1.10. The van der Waals surface area contributed by atoms with E-state index >= 15 is 0 Å². The zero-order valence-corrected chi connectivity index (χ0v) is 10.6. The molecule has 0 aliphatic rings. The van der Waals surface area contributed by atoms with E-state index in [0.717, 1.165) is 0 Å². The fourth-order valence-corrected chi connectivity index (χ4v) is 1.32. The first kappa shape index (κ1) is 14.9. The maximum absolute atomic E-state index is 11.7. The zero-order valence-electron chi connectivity index (χ0n) is 10.6. The van der Waals surface area contributed by atoms with E-state index in [1.807, 2.05) is 20.8 Å². The number of nitrogens with zero attached hydrogens (tertiary/aromatic N) is 1. The van der Waals surface area contributed by atoms with Crippen LogP contribution in [0.1, 0.15) is 34.1 Å². The van der Waals surface area contributed by atoms with Gasteiger partial charge in [0.15, 0.2) is 0 Å². The molecule has 2 amide bonds. The third kappa shape index (κ3) is 6.40. The van der Waals surface area contributed by atoms with Gasteiger partial charge in [-0.1, -0.05) is 0 Å². The highest BCUT2D eigenvalue weighted by Crippen LogP contribution is 1.97. The van der Waals surface area contributed by atoms with Crippen LogP contribution in [0.25, 0.3) is 0 Å². The molecule has 0 bridgehead atoms. The molecule has 94 valence electrons. The highest BCUT2D eigenvalue weighted by Gasteiger charge is 2.16. The molecule has 0 saturated heterocycles. The van der Waals surface area contributed by atoms with Gasteiger partial charge in [-0.15, -0.1) is 0 Å². The first-order valence-corrected chi connectivity index (χ1v) is 5.69. The van der Waals surface area contributed by atoms with Gasteiger partial charge >= 0.3 is 0 Å². The predicted molar refractivity (Wildman–Crippen MR) is 63.8 cm³/mol. The maximum atomic E-state index is 11.7. The first-order chi connectivity index (χ1) is 7.36. The van der Waals surface area contributed by atoms with E-state index in [9.17, 15) is 9.59 Å². The molecule has 0 aromatic rings. The van der Waals surface area contributed by atoms with Crippen LogP contribution in [0.15, 0.2) is 0 Å². The molecule has 3 N–H and O–H groups in total. The summed E-state index contributed by atoms with van der Waals surface area (Å²) in [5.74, 6) is -0.203. The van der Waals surface area contributed by atoms with Crippen molar-refractivity contribution in [3.8, 4) is 0 Å². The van der Waals surface area contributed by atoms with Gasteiger partial charge in [0.2, 0.25) is 11.8 Å². The number of nitrogens with two attached hydrogens (primary N) is 1. The maximum Gasteiger partial charge on any atom is 0.239 e. The third-order valence-electron chi connectivity index (χ3n) is 2.02. The molecule has 16 heavy (non-hydrogen) atoms. The molecular formula is C11H23N3O2. The number of rotatable bonds is 6. The predicted octanol–water partition coefficient (Wildman–Crippen LogP) is 0.0968. The van der Waals surface area contributed by atoms with E-state index in [1.165, 1.54) is 4.90 Å². The van der Waals surface area contributed by atoms with E-state index in [4.69, 9.17) is 5.73 Å². The minimum atomic E-state index is -0.172. The largest absolute Gasteiger partial charge is 0.352 e. The van der Waals surface area contributed by atoms with Crippen LogP contribution in [-0.4, -0.2) is 41.9 Å². The molecule has 0 spiro atoms. The summed E-state index contributed by atoms with van der Waals surface area (Å²) in [6.07, 6.45) is 0.281. The summed E-state index contributed by atoms with van der Waals surface area (Å²) in [5.41, 5.74) is 5.55. The van der Waals surface area contributed by atoms with Crippen molar-refractivity contribution >= 4 is 11.8 Å². The molecule has 0 radical (unpaired) electrons. The molecule has 1 unspecified atom stereocenters. The van der Waals surface area contributed by atoms with Gasteiger partial charge in [-0.3, -0.25) is 9.59 Å². The fourth-order valence-electron chi connectivity index (χ4n) is 1.32. The van der Waals surface area contributed by atoms with E-state index in [0.29, 0.717) is 6.54 Å². The van der Waals surface area contributed by atoms with Crippen molar-refractivity contribution in [2.75, 3.05) is 13.1 Å². The lowest BCUT2D eigenvalue weighted by Crippen LogP contribution is -2.43. The summed E-state index contributed by atoms with van der Waals surface area (Å²) in [6, 6.07) is -0.0792. The number of hydrogen-bond donors (Lipinski definition) is 2. The summed E-state index contributed by atoms with van der Waals surface area (Å²) >= 11 is 0. The Bertz CT molecular complexity index is 239. The Labute approximate surface area is 97.4 Å². The van der Waals surface area contributed by atoms with E-state index < -0.39 is 0 Å². The molecular weight excluding hydrogens is 206 g/mol. The molecule has 0 fully saturated rings. The average Bonchev–Trinajstić information content (AvgIpc) is 2.11. The number of carbonyl (C=O) groups is 2. The van der Waals surface area contributed by atoms with Gasteiger partial charge in [0.1, 0.15) is 0 Å². The Morgan fingerprint density at radius 1 is 1.31 bits per heavy atom. The zero-order chi connectivity index (χ0) is 12.7. The van der Waals surface area contributed by atoms with Crippen LogP contribution in [0.2, 0.25) is 0 Å². The topological polar surface area (TPSA) is 75.4 Å². The van der Waals surface area contributed by atoms with Crippen LogP contribution in [0.5, 0.6) is 0 Å². The van der Waals surface area contributed by atoms with Crippen molar-refractivity contribution in [3.63, 3.8) is 0 Å². The standard InChI is InChI=1S/C11H23N3O2/c1-5-14(11(16)6-9(4)12)7-10(15)13-8(2)3/h8-9H,5-7,12H2,1-4H3,(H,13,15). The van der Waals surface area contributed by atoms with Gasteiger partial charge in [-0.2, -0.15) is 0 Å². The number of hydrogen-bond acceptors (Lipinski definition) is 3. The third-order valence-corrected chi connectivity index (χ3v) is 2.02. The van der Waals surface area contributed by atoms with Crippen LogP contribution in [-0.2, 0) is 9.59 Å². The molecule has 1 atom stereocenters. The quantitative estimate of drug-likeness (QED) is 0.678. The summed E-state index contributed by atoms with van der Waals surface area (Å²) in [4.78, 5) is 24.7. The van der Waals surface area contributed by atoms with Crippen molar-refractivity contribution in [2.24, 2.45) is 5.73 Å². The lowest BCUT2D eigenvalue weighted by molar-refractivity contribution is -0.136. The van der Waals surface area contributed by atoms with Gasteiger partial charge in [0.25, 0.3) is 0 Å². The summed E-state index contributed by atoms with van der Waals surface area (Å²) in [6.45, 7) is 8.04. The Balaban J connectivity index is 4.18. The second kappa shape index (κ2) is 7.22. The molecule has 5 heteroatoms. The summed E-state index contributed by atoms with van der Waals surface area (Å²) < 4.78 is 0. The van der Waals surface area contributed by atoms with Crippen molar-refractivity contribution in [2.45, 2.75) is 46.2 Å². The lowest BCUT2D eigenvalue weighted by Gasteiger charge is -2.21. The molecule has 0 aliphatic carbocycles. The van der Waals surface area contributed by atoms with E-state index in [1.54, 1.807) is 6.92 Å². The SMILES string of the molecule is CCN(CC(=O)NC(C)C)C(=O)CC(C)N. The normalized spacial score (nSPS) is 12.4. The monoisotopic (exact) mass is 229 g/mol. The van der Waals surface area contributed by atoms with Crippen LogP contribution >= 0.6 is 0 Å². The van der Waals surface area contributed by atoms with Gasteiger partial charge in [-0.05, 0) is 27.7 Å². The summed E-state index contributed by atoms with van der Waals surface area (Å²) in [7, 11) is 0. The van der Waals surface area contributed by atoms with Crippen molar-refractivity contribution in [1.29, 1.82) is 0 Å². The number of likely N-dealkylation sites (N-methyl/N-ethyl adjacent to an activating group) is 1. The second-order valence-corrected chi connectivity index (χ2v) is 4.31. The van der Waals surface area contributed by atoms with Gasteiger partial charge in [-0.25, -0.2) is 0 Å².